The lowest BCUT2D eigenvalue weighted by molar-refractivity contribution is 0.0728. The van der Waals surface area contributed by atoms with Crippen LogP contribution in [0, 0.1) is 0 Å². The highest BCUT2D eigenvalue weighted by Crippen LogP contribution is 2.29. The molecule has 1 heterocycles. The van der Waals surface area contributed by atoms with E-state index in [1.54, 1.807) is 24.3 Å². The molecule has 0 N–H and O–H groups in total. The van der Waals surface area contributed by atoms with Crippen molar-refractivity contribution >= 4 is 27.5 Å². The minimum Gasteiger partial charge on any atom is -0.495 e. The van der Waals surface area contributed by atoms with Crippen molar-refractivity contribution < 1.29 is 22.4 Å². The molecule has 0 bridgehead atoms. The van der Waals surface area contributed by atoms with Gasteiger partial charge < -0.3 is 14.1 Å². The van der Waals surface area contributed by atoms with Gasteiger partial charge in [-0.3, -0.25) is 4.79 Å². The van der Waals surface area contributed by atoms with E-state index in [1.807, 2.05) is 6.92 Å². The molecule has 0 aliphatic carbocycles. The molecule has 0 atom stereocenters. The van der Waals surface area contributed by atoms with E-state index < -0.39 is 10.0 Å². The maximum Gasteiger partial charge on any atom is 0.254 e. The molecule has 0 aliphatic heterocycles. The largest absolute Gasteiger partial charge is 0.495 e. The third-order valence-corrected chi connectivity index (χ3v) is 7.01. The monoisotopic (exact) mass is 492 g/mol. The van der Waals surface area contributed by atoms with Crippen LogP contribution in [0.5, 0.6) is 5.75 Å². The molecule has 3 aromatic rings. The maximum atomic E-state index is 13.3. The van der Waals surface area contributed by atoms with Crippen molar-refractivity contribution in [1.29, 1.82) is 0 Å². The van der Waals surface area contributed by atoms with Gasteiger partial charge in [0, 0.05) is 26.2 Å². The summed E-state index contributed by atoms with van der Waals surface area (Å²) in [5, 5.41) is 8.56. The van der Waals surface area contributed by atoms with Gasteiger partial charge in [0.25, 0.3) is 5.91 Å². The van der Waals surface area contributed by atoms with Crippen molar-refractivity contribution in [3.63, 3.8) is 0 Å². The van der Waals surface area contributed by atoms with Crippen LogP contribution in [-0.4, -0.2) is 61.5 Å². The molecule has 0 saturated carbocycles. The number of nitrogens with zero attached hydrogens (tertiary/aromatic N) is 4. The van der Waals surface area contributed by atoms with Crippen LogP contribution in [0.15, 0.2) is 51.8 Å². The van der Waals surface area contributed by atoms with Crippen molar-refractivity contribution in [1.82, 2.24) is 19.4 Å². The fourth-order valence-corrected chi connectivity index (χ4v) is 4.43. The molecular weight excluding hydrogens is 468 g/mol. The van der Waals surface area contributed by atoms with Gasteiger partial charge in [0.05, 0.1) is 24.2 Å². The second-order valence-corrected chi connectivity index (χ2v) is 9.89. The molecule has 176 valence electrons. The van der Waals surface area contributed by atoms with E-state index in [0.717, 1.165) is 4.31 Å². The van der Waals surface area contributed by atoms with Gasteiger partial charge in [-0.15, -0.1) is 10.2 Å². The molecule has 11 heteroatoms. The number of amides is 1. The Morgan fingerprint density at radius 1 is 1.15 bits per heavy atom. The fourth-order valence-electron chi connectivity index (χ4n) is 3.14. The average molecular weight is 493 g/mol. The predicted octanol–water partition coefficient (Wildman–Crippen LogP) is 3.70. The first-order valence-corrected chi connectivity index (χ1v) is 12.0. The summed E-state index contributed by atoms with van der Waals surface area (Å²) in [6.45, 7) is 2.40. The number of benzene rings is 2. The molecule has 3 rings (SSSR count). The van der Waals surface area contributed by atoms with E-state index >= 15 is 0 Å². The number of hydrogen-bond donors (Lipinski definition) is 0. The molecular formula is C22H25ClN4O5S. The molecule has 1 aromatic heterocycles. The number of hydrogen-bond acceptors (Lipinski definition) is 7. The Kier molecular flexibility index (Phi) is 7.72. The van der Waals surface area contributed by atoms with Gasteiger partial charge in [0.15, 0.2) is 0 Å². The summed E-state index contributed by atoms with van der Waals surface area (Å²) in [5.74, 6) is 0.278. The fraction of sp³-hybridized carbons (Fsp3) is 0.318. The normalized spacial score (nSPS) is 11.6. The van der Waals surface area contributed by atoms with Crippen molar-refractivity contribution in [2.75, 3.05) is 27.7 Å². The summed E-state index contributed by atoms with van der Waals surface area (Å²) in [4.78, 5) is 14.7. The lowest BCUT2D eigenvalue weighted by Crippen LogP contribution is -2.32. The number of methoxy groups -OCH3 is 1. The Bertz CT molecular complexity index is 1240. The third kappa shape index (κ3) is 5.35. The van der Waals surface area contributed by atoms with E-state index in [0.29, 0.717) is 23.6 Å². The van der Waals surface area contributed by atoms with Crippen molar-refractivity contribution in [2.24, 2.45) is 0 Å². The molecule has 33 heavy (non-hydrogen) atoms. The van der Waals surface area contributed by atoms with E-state index in [9.17, 15) is 13.2 Å². The van der Waals surface area contributed by atoms with Gasteiger partial charge in [-0.05, 0) is 36.8 Å². The molecule has 0 unspecified atom stereocenters. The minimum absolute atomic E-state index is 0.0614. The maximum absolute atomic E-state index is 13.3. The highest BCUT2D eigenvalue weighted by Gasteiger charge is 2.26. The average Bonchev–Trinajstić information content (AvgIpc) is 3.26. The summed E-state index contributed by atoms with van der Waals surface area (Å²) < 4.78 is 37.4. The van der Waals surface area contributed by atoms with Crippen molar-refractivity contribution in [2.45, 2.75) is 24.8 Å². The quantitative estimate of drug-likeness (QED) is 0.448. The van der Waals surface area contributed by atoms with Crippen LogP contribution in [0.3, 0.4) is 0 Å². The standard InChI is InChI=1S/C22H25ClN4O5S/c1-5-12-27(14-20-24-25-21(32-20)16-8-6-7-9-17(16)23)22(28)15-10-11-18(31-4)19(13-15)33(29,30)26(2)3/h6-11,13H,5,12,14H2,1-4H3. The Morgan fingerprint density at radius 3 is 2.52 bits per heavy atom. The first-order chi connectivity index (χ1) is 15.7. The molecule has 0 radical (unpaired) electrons. The summed E-state index contributed by atoms with van der Waals surface area (Å²) >= 11 is 6.20. The Morgan fingerprint density at radius 2 is 1.88 bits per heavy atom. The molecule has 2 aromatic carbocycles. The third-order valence-electron chi connectivity index (χ3n) is 4.85. The second-order valence-electron chi connectivity index (χ2n) is 7.36. The van der Waals surface area contributed by atoms with E-state index in [-0.39, 0.29) is 40.4 Å². The van der Waals surface area contributed by atoms with Crippen molar-refractivity contribution in [3.8, 4) is 17.2 Å². The van der Waals surface area contributed by atoms with Gasteiger partial charge in [-0.1, -0.05) is 30.7 Å². The highest BCUT2D eigenvalue weighted by molar-refractivity contribution is 7.89. The van der Waals surface area contributed by atoms with E-state index in [4.69, 9.17) is 20.8 Å². The molecule has 0 spiro atoms. The lowest BCUT2D eigenvalue weighted by Gasteiger charge is -2.21. The number of sulfonamides is 1. The number of carbonyl (C=O) groups is 1. The van der Waals surface area contributed by atoms with Gasteiger partial charge in [0.1, 0.15) is 10.6 Å². The number of rotatable bonds is 9. The van der Waals surface area contributed by atoms with Crippen LogP contribution in [0.25, 0.3) is 11.5 Å². The van der Waals surface area contributed by atoms with Crippen LogP contribution in [0.2, 0.25) is 5.02 Å². The van der Waals surface area contributed by atoms with Gasteiger partial charge in [-0.25, -0.2) is 12.7 Å². The number of halogens is 1. The van der Waals surface area contributed by atoms with Crippen LogP contribution < -0.4 is 4.74 Å². The first kappa shape index (κ1) is 24.7. The van der Waals surface area contributed by atoms with Crippen molar-refractivity contribution in [3.05, 3.63) is 58.9 Å². The topological polar surface area (TPSA) is 106 Å². The summed E-state index contributed by atoms with van der Waals surface area (Å²) in [6, 6.07) is 11.4. The smallest absolute Gasteiger partial charge is 0.254 e. The van der Waals surface area contributed by atoms with Gasteiger partial charge in [0.2, 0.25) is 21.8 Å². The highest BCUT2D eigenvalue weighted by atomic mass is 35.5. The lowest BCUT2D eigenvalue weighted by atomic mass is 10.2. The summed E-state index contributed by atoms with van der Waals surface area (Å²) in [7, 11) is 0.387. The van der Waals surface area contributed by atoms with Gasteiger partial charge >= 0.3 is 0 Å². The van der Waals surface area contributed by atoms with E-state index in [2.05, 4.69) is 10.2 Å². The SMILES string of the molecule is CCCN(Cc1nnc(-c2ccccc2Cl)o1)C(=O)c1ccc(OC)c(S(=O)(=O)N(C)C)c1. The van der Waals surface area contributed by atoms with Crippen LogP contribution >= 0.6 is 11.6 Å². The Labute approximate surface area is 198 Å². The number of carbonyl (C=O) groups excluding carboxylic acids is 1. The van der Waals surface area contributed by atoms with Crippen LogP contribution in [-0.2, 0) is 16.6 Å². The Hall–Kier alpha value is -2.95. The van der Waals surface area contributed by atoms with Gasteiger partial charge in [-0.2, -0.15) is 0 Å². The molecule has 9 nitrogen and oxygen atoms in total. The predicted molar refractivity (Wildman–Crippen MR) is 124 cm³/mol. The molecule has 0 saturated heterocycles. The minimum atomic E-state index is -3.82. The summed E-state index contributed by atoms with van der Waals surface area (Å²) in [5.41, 5.74) is 0.801. The summed E-state index contributed by atoms with van der Waals surface area (Å²) in [6.07, 6.45) is 0.677. The molecule has 0 fully saturated rings. The number of aromatic nitrogens is 2. The molecule has 0 aliphatic rings. The molecule has 1 amide bonds. The Balaban J connectivity index is 1.91. The van der Waals surface area contributed by atoms with Crippen LogP contribution in [0.1, 0.15) is 29.6 Å². The zero-order chi connectivity index (χ0) is 24.2. The zero-order valence-corrected chi connectivity index (χ0v) is 20.4. The number of ether oxygens (including phenoxy) is 1. The first-order valence-electron chi connectivity index (χ1n) is 10.2. The zero-order valence-electron chi connectivity index (χ0n) is 18.8. The van der Waals surface area contributed by atoms with E-state index in [1.165, 1.54) is 44.3 Å². The van der Waals surface area contributed by atoms with Crippen LogP contribution in [0.4, 0.5) is 0 Å². The second kappa shape index (κ2) is 10.3.